The molecule has 2 saturated heterocycles. The number of esters is 1. The molecule has 34 heavy (non-hydrogen) atoms. The van der Waals surface area contributed by atoms with Crippen molar-refractivity contribution in [3.63, 3.8) is 0 Å². The van der Waals surface area contributed by atoms with Crippen molar-refractivity contribution in [2.45, 2.75) is 97.6 Å². The van der Waals surface area contributed by atoms with Crippen LogP contribution >= 0.6 is 0 Å². The van der Waals surface area contributed by atoms with Crippen LogP contribution < -0.4 is 5.32 Å². The molecular formula is C27H47N3O4. The van der Waals surface area contributed by atoms with E-state index in [1.807, 2.05) is 9.80 Å². The predicted octanol–water partition coefficient (Wildman–Crippen LogP) is 3.61. The van der Waals surface area contributed by atoms with E-state index in [1.165, 1.54) is 25.7 Å². The van der Waals surface area contributed by atoms with Gasteiger partial charge in [-0.05, 0) is 49.9 Å². The van der Waals surface area contributed by atoms with Crippen molar-refractivity contribution in [3.05, 3.63) is 0 Å². The minimum Gasteiger partial charge on any atom is -0.465 e. The van der Waals surface area contributed by atoms with Gasteiger partial charge in [0.05, 0.1) is 18.6 Å². The Bertz CT molecular complexity index is 681. The van der Waals surface area contributed by atoms with E-state index in [4.69, 9.17) is 4.74 Å². The molecule has 3 fully saturated rings. The first-order valence-electron chi connectivity index (χ1n) is 13.8. The van der Waals surface area contributed by atoms with Gasteiger partial charge in [-0.15, -0.1) is 0 Å². The van der Waals surface area contributed by atoms with E-state index in [-0.39, 0.29) is 29.7 Å². The maximum Gasteiger partial charge on any atom is 0.309 e. The summed E-state index contributed by atoms with van der Waals surface area (Å²) >= 11 is 0. The molecule has 0 radical (unpaired) electrons. The molecule has 2 amide bonds. The number of hydrogen-bond donors (Lipinski definition) is 1. The van der Waals surface area contributed by atoms with Gasteiger partial charge in [-0.3, -0.25) is 14.4 Å². The Balaban J connectivity index is 1.52. The largest absolute Gasteiger partial charge is 0.465 e. The highest BCUT2D eigenvalue weighted by atomic mass is 16.5. The molecule has 0 spiro atoms. The van der Waals surface area contributed by atoms with Crippen LogP contribution in [0.25, 0.3) is 0 Å². The zero-order chi connectivity index (χ0) is 24.7. The Morgan fingerprint density at radius 2 is 1.68 bits per heavy atom. The molecule has 7 heteroatoms. The summed E-state index contributed by atoms with van der Waals surface area (Å²) in [5, 5.41) is 3.34. The second kappa shape index (κ2) is 12.9. The molecule has 0 aromatic rings. The average molecular weight is 478 g/mol. The Labute approximate surface area is 206 Å². The predicted molar refractivity (Wildman–Crippen MR) is 133 cm³/mol. The summed E-state index contributed by atoms with van der Waals surface area (Å²) in [6.45, 7) is 11.4. The molecule has 1 aliphatic carbocycles. The van der Waals surface area contributed by atoms with Crippen molar-refractivity contribution in [1.82, 2.24) is 15.1 Å². The number of hydrogen-bond acceptors (Lipinski definition) is 5. The van der Waals surface area contributed by atoms with Crippen LogP contribution in [0.15, 0.2) is 0 Å². The third kappa shape index (κ3) is 7.43. The summed E-state index contributed by atoms with van der Waals surface area (Å²) in [5.74, 6) is 1.33. The Morgan fingerprint density at radius 3 is 2.29 bits per heavy atom. The molecule has 7 nitrogen and oxygen atoms in total. The van der Waals surface area contributed by atoms with Crippen LogP contribution in [-0.2, 0) is 19.1 Å². The fourth-order valence-electron chi connectivity index (χ4n) is 5.82. The van der Waals surface area contributed by atoms with Crippen molar-refractivity contribution in [3.8, 4) is 0 Å². The summed E-state index contributed by atoms with van der Waals surface area (Å²) in [4.78, 5) is 43.1. The first-order chi connectivity index (χ1) is 16.3. The Morgan fingerprint density at radius 1 is 1.00 bits per heavy atom. The van der Waals surface area contributed by atoms with Gasteiger partial charge in [-0.25, -0.2) is 0 Å². The summed E-state index contributed by atoms with van der Waals surface area (Å²) < 4.78 is 5.59. The number of likely N-dealkylation sites (tertiary alicyclic amines) is 1. The van der Waals surface area contributed by atoms with Gasteiger partial charge in [0, 0.05) is 26.2 Å². The number of carbonyl (C=O) groups is 3. The highest BCUT2D eigenvalue weighted by molar-refractivity contribution is 5.90. The number of piperidine rings is 1. The van der Waals surface area contributed by atoms with E-state index >= 15 is 0 Å². The van der Waals surface area contributed by atoms with E-state index < -0.39 is 6.04 Å². The zero-order valence-corrected chi connectivity index (χ0v) is 21.9. The minimum atomic E-state index is -0.417. The van der Waals surface area contributed by atoms with E-state index in [0.717, 1.165) is 25.3 Å². The molecule has 0 aromatic carbocycles. The fourth-order valence-corrected chi connectivity index (χ4v) is 5.82. The third-order valence-electron chi connectivity index (χ3n) is 7.77. The van der Waals surface area contributed by atoms with Gasteiger partial charge in [-0.1, -0.05) is 53.4 Å². The fraction of sp³-hybridized carbons (Fsp3) is 0.889. The smallest absolute Gasteiger partial charge is 0.309 e. The van der Waals surface area contributed by atoms with Crippen molar-refractivity contribution >= 4 is 17.8 Å². The second-order valence-electron chi connectivity index (χ2n) is 11.5. The minimum absolute atomic E-state index is 0.0419. The van der Waals surface area contributed by atoms with E-state index in [2.05, 4.69) is 33.0 Å². The first-order valence-corrected chi connectivity index (χ1v) is 13.8. The number of amides is 2. The third-order valence-corrected chi connectivity index (χ3v) is 7.77. The molecule has 0 bridgehead atoms. The summed E-state index contributed by atoms with van der Waals surface area (Å²) in [7, 11) is 0. The van der Waals surface area contributed by atoms with Crippen LogP contribution in [0.5, 0.6) is 0 Å². The highest BCUT2D eigenvalue weighted by Gasteiger charge is 2.39. The van der Waals surface area contributed by atoms with Crippen LogP contribution in [0.4, 0.5) is 0 Å². The maximum absolute atomic E-state index is 13.6. The molecule has 2 aliphatic heterocycles. The first kappa shape index (κ1) is 27.0. The topological polar surface area (TPSA) is 79.0 Å². The number of rotatable bonds is 10. The normalized spacial score (nSPS) is 23.7. The lowest BCUT2D eigenvalue weighted by Gasteiger charge is -2.42. The van der Waals surface area contributed by atoms with Gasteiger partial charge in [0.15, 0.2) is 0 Å². The molecule has 3 aliphatic rings. The van der Waals surface area contributed by atoms with Crippen molar-refractivity contribution < 1.29 is 19.1 Å². The lowest BCUT2D eigenvalue weighted by atomic mass is 9.93. The quantitative estimate of drug-likeness (QED) is 0.486. The summed E-state index contributed by atoms with van der Waals surface area (Å²) in [5.41, 5.74) is 0. The SMILES string of the molecule is CC(C)C[C@@H]1NCCN([C@@H](CC(C)C)C(=O)N2CCC(C(=O)OCCC3CCCC3)CC2)C1=O. The molecular weight excluding hydrogens is 430 g/mol. The molecule has 1 saturated carbocycles. The van der Waals surface area contributed by atoms with Crippen LogP contribution in [-0.4, -0.2) is 72.5 Å². The average Bonchev–Trinajstić information content (AvgIpc) is 3.32. The van der Waals surface area contributed by atoms with Crippen LogP contribution in [0.1, 0.15) is 85.5 Å². The summed E-state index contributed by atoms with van der Waals surface area (Å²) in [6, 6.07) is -0.625. The van der Waals surface area contributed by atoms with E-state index in [0.29, 0.717) is 57.3 Å². The molecule has 2 heterocycles. The molecule has 194 valence electrons. The van der Waals surface area contributed by atoms with Gasteiger partial charge < -0.3 is 19.9 Å². The van der Waals surface area contributed by atoms with Gasteiger partial charge in [0.25, 0.3) is 0 Å². The molecule has 3 rings (SSSR count). The summed E-state index contributed by atoms with van der Waals surface area (Å²) in [6.07, 6.45) is 8.88. The van der Waals surface area contributed by atoms with Gasteiger partial charge in [0.1, 0.15) is 6.04 Å². The monoisotopic (exact) mass is 477 g/mol. The molecule has 2 atom stereocenters. The molecule has 0 aromatic heterocycles. The van der Waals surface area contributed by atoms with Crippen molar-refractivity contribution in [1.29, 1.82) is 0 Å². The number of carbonyl (C=O) groups excluding carboxylic acids is 3. The number of piperazine rings is 1. The Kier molecular flexibility index (Phi) is 10.2. The zero-order valence-electron chi connectivity index (χ0n) is 21.9. The molecule has 0 unspecified atom stereocenters. The van der Waals surface area contributed by atoms with E-state index in [9.17, 15) is 14.4 Å². The lowest BCUT2D eigenvalue weighted by molar-refractivity contribution is -0.154. The second-order valence-corrected chi connectivity index (χ2v) is 11.5. The van der Waals surface area contributed by atoms with Crippen molar-refractivity contribution in [2.75, 3.05) is 32.8 Å². The Hall–Kier alpha value is -1.63. The van der Waals surface area contributed by atoms with Crippen LogP contribution in [0, 0.1) is 23.7 Å². The number of nitrogens with zero attached hydrogens (tertiary/aromatic N) is 2. The molecule has 1 N–H and O–H groups in total. The van der Waals surface area contributed by atoms with Crippen LogP contribution in [0.3, 0.4) is 0 Å². The number of nitrogens with one attached hydrogen (secondary N) is 1. The maximum atomic E-state index is 13.6. The van der Waals surface area contributed by atoms with Gasteiger partial charge >= 0.3 is 5.97 Å². The van der Waals surface area contributed by atoms with Crippen molar-refractivity contribution in [2.24, 2.45) is 23.7 Å². The lowest BCUT2D eigenvalue weighted by Crippen LogP contribution is -2.62. The van der Waals surface area contributed by atoms with Gasteiger partial charge in [0.2, 0.25) is 11.8 Å². The number of ether oxygens (including phenoxy) is 1. The highest BCUT2D eigenvalue weighted by Crippen LogP contribution is 2.28. The van der Waals surface area contributed by atoms with Gasteiger partial charge in [-0.2, -0.15) is 0 Å². The standard InChI is InChI=1S/C27H47N3O4/c1-19(2)17-23-25(31)30(15-12-28-23)24(18-20(3)4)26(32)29-13-9-22(10-14-29)27(33)34-16-11-21-7-5-6-8-21/h19-24,28H,5-18H2,1-4H3/t23-,24-/m0/s1. The van der Waals surface area contributed by atoms with E-state index in [1.54, 1.807) is 0 Å². The van der Waals surface area contributed by atoms with Crippen LogP contribution in [0.2, 0.25) is 0 Å².